The Labute approximate surface area is 150 Å². The van der Waals surface area contributed by atoms with Crippen molar-refractivity contribution in [3.63, 3.8) is 0 Å². The minimum absolute atomic E-state index is 0.100. The highest BCUT2D eigenvalue weighted by molar-refractivity contribution is 5.89. The molecule has 4 aliphatic carbocycles. The summed E-state index contributed by atoms with van der Waals surface area (Å²) in [5.41, 5.74) is -0.729. The molecule has 4 saturated carbocycles. The molecule has 3 atom stereocenters. The van der Waals surface area contributed by atoms with E-state index in [4.69, 9.17) is 9.47 Å². The van der Waals surface area contributed by atoms with Gasteiger partial charge >= 0.3 is 18.0 Å². The van der Waals surface area contributed by atoms with Crippen LogP contribution in [0.5, 0.6) is 0 Å². The van der Waals surface area contributed by atoms with Crippen LogP contribution in [0.15, 0.2) is 0 Å². The van der Waals surface area contributed by atoms with Crippen LogP contribution in [0.1, 0.15) is 46.0 Å². The summed E-state index contributed by atoms with van der Waals surface area (Å²) < 4.78 is 40.6. The molecule has 3 unspecified atom stereocenters. The highest BCUT2D eigenvalue weighted by atomic mass is 19.3. The van der Waals surface area contributed by atoms with E-state index in [9.17, 15) is 23.2 Å². The van der Waals surface area contributed by atoms with Crippen molar-refractivity contribution in [1.82, 2.24) is 0 Å². The summed E-state index contributed by atoms with van der Waals surface area (Å²) in [7, 11) is 0. The molecule has 0 aromatic rings. The third-order valence-electron chi connectivity index (χ3n) is 5.70. The SMILES string of the molecule is CC(=O)OCC(COC(C)(F)F)OC(=O)C12CC3CC(C1)C(=O)C(C3)C2. The van der Waals surface area contributed by atoms with Gasteiger partial charge in [0.1, 0.15) is 12.4 Å². The molecule has 26 heavy (non-hydrogen) atoms. The minimum atomic E-state index is -3.38. The predicted molar refractivity (Wildman–Crippen MR) is 84.1 cm³/mol. The Balaban J connectivity index is 1.66. The molecular weight excluding hydrogens is 350 g/mol. The van der Waals surface area contributed by atoms with Crippen molar-refractivity contribution in [1.29, 1.82) is 0 Å². The second-order valence-electron chi connectivity index (χ2n) is 7.98. The zero-order chi connectivity index (χ0) is 19.1. The highest BCUT2D eigenvalue weighted by Crippen LogP contribution is 2.59. The van der Waals surface area contributed by atoms with Gasteiger partial charge in [0.15, 0.2) is 6.10 Å². The number of hydrogen-bond donors (Lipinski definition) is 0. The van der Waals surface area contributed by atoms with Crippen molar-refractivity contribution in [3.05, 3.63) is 0 Å². The number of hydrogen-bond acceptors (Lipinski definition) is 6. The van der Waals surface area contributed by atoms with Gasteiger partial charge in [0.25, 0.3) is 0 Å². The number of ether oxygens (including phenoxy) is 3. The van der Waals surface area contributed by atoms with Crippen molar-refractivity contribution in [2.24, 2.45) is 23.2 Å². The minimum Gasteiger partial charge on any atom is -0.462 e. The molecule has 4 rings (SSSR count). The molecule has 0 amide bonds. The van der Waals surface area contributed by atoms with Gasteiger partial charge in [-0.2, -0.15) is 8.78 Å². The van der Waals surface area contributed by atoms with Crippen LogP contribution in [-0.4, -0.2) is 43.1 Å². The Morgan fingerprint density at radius 1 is 1.19 bits per heavy atom. The van der Waals surface area contributed by atoms with E-state index in [1.165, 1.54) is 6.92 Å². The molecule has 0 aromatic heterocycles. The number of esters is 2. The molecule has 0 aromatic carbocycles. The van der Waals surface area contributed by atoms with Gasteiger partial charge in [-0.1, -0.05) is 0 Å². The van der Waals surface area contributed by atoms with Crippen LogP contribution >= 0.6 is 0 Å². The molecule has 0 spiro atoms. The molecule has 146 valence electrons. The van der Waals surface area contributed by atoms with E-state index < -0.39 is 36.2 Å². The van der Waals surface area contributed by atoms with Crippen LogP contribution in [-0.2, 0) is 28.6 Å². The molecule has 8 heteroatoms. The average molecular weight is 374 g/mol. The summed E-state index contributed by atoms with van der Waals surface area (Å²) in [6.07, 6.45) is -1.25. The topological polar surface area (TPSA) is 78.9 Å². The maximum absolute atomic E-state index is 13.0. The molecule has 0 N–H and O–H groups in total. The summed E-state index contributed by atoms with van der Waals surface area (Å²) in [4.78, 5) is 36.1. The summed E-state index contributed by atoms with van der Waals surface area (Å²) in [6, 6.07) is 0. The fraction of sp³-hybridized carbons (Fsp3) is 0.833. The fourth-order valence-electron chi connectivity index (χ4n) is 4.84. The van der Waals surface area contributed by atoms with Crippen LogP contribution < -0.4 is 0 Å². The zero-order valence-corrected chi connectivity index (χ0v) is 15.0. The summed E-state index contributed by atoms with van der Waals surface area (Å²) in [5, 5.41) is 0. The molecule has 6 nitrogen and oxygen atoms in total. The van der Waals surface area contributed by atoms with E-state index in [0.717, 1.165) is 12.8 Å². The Bertz CT molecular complexity index is 581. The van der Waals surface area contributed by atoms with Gasteiger partial charge in [-0.3, -0.25) is 14.4 Å². The lowest BCUT2D eigenvalue weighted by molar-refractivity contribution is -0.242. The van der Waals surface area contributed by atoms with Crippen LogP contribution in [0.25, 0.3) is 0 Å². The molecular formula is C18H24F2O6. The molecule has 0 aliphatic heterocycles. The van der Waals surface area contributed by atoms with Crippen LogP contribution in [0.4, 0.5) is 8.78 Å². The summed E-state index contributed by atoms with van der Waals surface area (Å²) >= 11 is 0. The average Bonchev–Trinajstić information content (AvgIpc) is 2.53. The monoisotopic (exact) mass is 374 g/mol. The van der Waals surface area contributed by atoms with E-state index in [-0.39, 0.29) is 24.2 Å². The van der Waals surface area contributed by atoms with Crippen molar-refractivity contribution < 1.29 is 37.4 Å². The summed E-state index contributed by atoms with van der Waals surface area (Å²) in [6.45, 7) is 0.845. The maximum atomic E-state index is 13.0. The van der Waals surface area contributed by atoms with E-state index in [2.05, 4.69) is 4.74 Å². The molecule has 0 radical (unpaired) electrons. The first-order valence-electron chi connectivity index (χ1n) is 8.98. The highest BCUT2D eigenvalue weighted by Gasteiger charge is 2.59. The van der Waals surface area contributed by atoms with Crippen LogP contribution in [0.2, 0.25) is 0 Å². The number of ketones is 1. The Hall–Kier alpha value is -1.57. The van der Waals surface area contributed by atoms with Gasteiger partial charge in [0, 0.05) is 25.7 Å². The van der Waals surface area contributed by atoms with Gasteiger partial charge in [-0.25, -0.2) is 0 Å². The first-order valence-corrected chi connectivity index (χ1v) is 8.98. The van der Waals surface area contributed by atoms with E-state index in [1.54, 1.807) is 0 Å². The Morgan fingerprint density at radius 3 is 2.35 bits per heavy atom. The molecule has 4 aliphatic rings. The molecule has 4 bridgehead atoms. The number of alkyl halides is 2. The number of carbonyl (C=O) groups excluding carboxylic acids is 3. The quantitative estimate of drug-likeness (QED) is 0.637. The van der Waals surface area contributed by atoms with Gasteiger partial charge in [-0.15, -0.1) is 0 Å². The predicted octanol–water partition coefficient (Wildman–Crippen LogP) is 2.49. The van der Waals surface area contributed by atoms with Gasteiger partial charge < -0.3 is 14.2 Å². The maximum Gasteiger partial charge on any atom is 0.353 e. The zero-order valence-electron chi connectivity index (χ0n) is 15.0. The third-order valence-corrected chi connectivity index (χ3v) is 5.70. The standard InChI is InChI=1S/C18H24F2O6/c1-10(21)24-8-14(9-25-17(2,19)20)26-16(23)18-5-11-3-12(6-18)15(22)13(4-11)7-18/h11-14H,3-9H2,1-2H3. The lowest BCUT2D eigenvalue weighted by Crippen LogP contribution is -2.55. The van der Waals surface area contributed by atoms with Crippen molar-refractivity contribution >= 4 is 17.7 Å². The van der Waals surface area contributed by atoms with E-state index in [1.807, 2.05) is 0 Å². The van der Waals surface area contributed by atoms with Crippen LogP contribution in [0, 0.1) is 23.2 Å². The smallest absolute Gasteiger partial charge is 0.353 e. The van der Waals surface area contributed by atoms with Gasteiger partial charge in [0.05, 0.1) is 12.0 Å². The molecule has 0 saturated heterocycles. The van der Waals surface area contributed by atoms with Crippen molar-refractivity contribution in [2.45, 2.75) is 58.2 Å². The van der Waals surface area contributed by atoms with Crippen molar-refractivity contribution in [3.8, 4) is 0 Å². The second kappa shape index (κ2) is 6.87. The van der Waals surface area contributed by atoms with E-state index >= 15 is 0 Å². The molecule has 4 fully saturated rings. The number of carbonyl (C=O) groups is 3. The Kier molecular flexibility index (Phi) is 5.07. The largest absolute Gasteiger partial charge is 0.462 e. The van der Waals surface area contributed by atoms with Gasteiger partial charge in [0.2, 0.25) is 0 Å². The lowest BCUT2D eigenvalue weighted by atomic mass is 9.49. The molecule has 0 heterocycles. The van der Waals surface area contributed by atoms with Gasteiger partial charge in [-0.05, 0) is 38.0 Å². The van der Waals surface area contributed by atoms with E-state index in [0.29, 0.717) is 32.1 Å². The van der Waals surface area contributed by atoms with Crippen molar-refractivity contribution in [2.75, 3.05) is 13.2 Å². The normalized spacial score (nSPS) is 33.8. The summed E-state index contributed by atoms with van der Waals surface area (Å²) in [5.74, 6) is -0.719. The fourth-order valence-corrected chi connectivity index (χ4v) is 4.84. The van der Waals surface area contributed by atoms with Crippen LogP contribution in [0.3, 0.4) is 0 Å². The first kappa shape index (κ1) is 19.2. The Morgan fingerprint density at radius 2 is 1.81 bits per heavy atom. The number of halogens is 2. The second-order valence-corrected chi connectivity index (χ2v) is 7.98. The number of Topliss-reactive ketones (excluding diaryl/α,β-unsaturated/α-hetero) is 1. The third kappa shape index (κ3) is 4.05. The first-order chi connectivity index (χ1) is 12.1. The number of rotatable bonds is 7. The lowest BCUT2D eigenvalue weighted by Gasteiger charge is -2.54.